The molecular formula is C20H24N2O2S. The van der Waals surface area contributed by atoms with Crippen LogP contribution in [0.1, 0.15) is 45.7 Å². The van der Waals surface area contributed by atoms with Gasteiger partial charge in [0.2, 0.25) is 0 Å². The zero-order valence-corrected chi connectivity index (χ0v) is 16.2. The van der Waals surface area contributed by atoms with E-state index in [9.17, 15) is 9.59 Å². The molecule has 0 bridgehead atoms. The predicted octanol–water partition coefficient (Wildman–Crippen LogP) is 4.76. The van der Waals surface area contributed by atoms with Gasteiger partial charge in [0.25, 0.3) is 11.1 Å². The second kappa shape index (κ2) is 6.37. The van der Waals surface area contributed by atoms with E-state index in [1.807, 2.05) is 19.1 Å². The fourth-order valence-electron chi connectivity index (χ4n) is 3.69. The van der Waals surface area contributed by atoms with E-state index < -0.39 is 0 Å². The van der Waals surface area contributed by atoms with E-state index in [0.717, 1.165) is 23.9 Å². The number of fused-ring (bicyclic) bond motifs is 1. The third-order valence-electron chi connectivity index (χ3n) is 4.81. The van der Waals surface area contributed by atoms with Crippen LogP contribution in [-0.2, 0) is 4.79 Å². The van der Waals surface area contributed by atoms with Gasteiger partial charge in [-0.2, -0.15) is 0 Å². The molecule has 0 aromatic heterocycles. The Hall–Kier alpha value is -2.01. The number of allylic oxidation sites excluding steroid dienone is 1. The minimum Gasteiger partial charge on any atom is -0.363 e. The Morgan fingerprint density at radius 1 is 1.16 bits per heavy atom. The number of amides is 2. The van der Waals surface area contributed by atoms with E-state index in [1.54, 1.807) is 0 Å². The predicted molar refractivity (Wildman–Crippen MR) is 106 cm³/mol. The summed E-state index contributed by atoms with van der Waals surface area (Å²) in [5.74, 6) is -0.196. The molecule has 0 radical (unpaired) electrons. The van der Waals surface area contributed by atoms with Crippen molar-refractivity contribution < 1.29 is 9.59 Å². The molecule has 0 spiro atoms. The molecule has 2 aliphatic rings. The van der Waals surface area contributed by atoms with Crippen molar-refractivity contribution in [3.05, 3.63) is 40.3 Å². The van der Waals surface area contributed by atoms with Crippen molar-refractivity contribution in [2.24, 2.45) is 0 Å². The highest BCUT2D eigenvalue weighted by molar-refractivity contribution is 8.18. The van der Waals surface area contributed by atoms with Crippen LogP contribution in [-0.4, -0.2) is 34.7 Å². The average Bonchev–Trinajstić information content (AvgIpc) is 2.81. The van der Waals surface area contributed by atoms with Crippen LogP contribution in [0.2, 0.25) is 0 Å². The Bertz CT molecular complexity index is 808. The van der Waals surface area contributed by atoms with E-state index in [0.29, 0.717) is 11.4 Å². The van der Waals surface area contributed by atoms with Gasteiger partial charge in [0, 0.05) is 24.3 Å². The van der Waals surface area contributed by atoms with Gasteiger partial charge in [0.05, 0.1) is 10.4 Å². The highest BCUT2D eigenvalue weighted by Crippen LogP contribution is 2.40. The van der Waals surface area contributed by atoms with Gasteiger partial charge in [-0.15, -0.1) is 0 Å². The summed E-state index contributed by atoms with van der Waals surface area (Å²) in [6, 6.07) is 6.25. The molecule has 2 amide bonds. The number of nitrogens with zero attached hydrogens (tertiary/aromatic N) is 2. The van der Waals surface area contributed by atoms with Gasteiger partial charge in [0.1, 0.15) is 0 Å². The fourth-order valence-corrected chi connectivity index (χ4v) is 4.60. The van der Waals surface area contributed by atoms with Gasteiger partial charge in [-0.1, -0.05) is 12.1 Å². The molecule has 3 rings (SSSR count). The number of carbonyl (C=O) groups excluding carboxylic acids is 2. The van der Waals surface area contributed by atoms with Crippen LogP contribution >= 0.6 is 11.8 Å². The number of hydrogen-bond donors (Lipinski definition) is 0. The molecule has 1 fully saturated rings. The van der Waals surface area contributed by atoms with E-state index in [2.05, 4.69) is 50.8 Å². The van der Waals surface area contributed by atoms with Crippen molar-refractivity contribution in [2.45, 2.75) is 40.2 Å². The van der Waals surface area contributed by atoms with Gasteiger partial charge >= 0.3 is 0 Å². The highest BCUT2D eigenvalue weighted by Gasteiger charge is 2.34. The van der Waals surface area contributed by atoms with Crippen molar-refractivity contribution in [3.8, 4) is 0 Å². The maximum Gasteiger partial charge on any atom is 0.293 e. The first kappa shape index (κ1) is 17.8. The lowest BCUT2D eigenvalue weighted by Crippen LogP contribution is -2.44. The third-order valence-corrected chi connectivity index (χ3v) is 5.71. The average molecular weight is 356 g/mol. The smallest absolute Gasteiger partial charge is 0.293 e. The van der Waals surface area contributed by atoms with Crippen LogP contribution in [0.5, 0.6) is 0 Å². The van der Waals surface area contributed by atoms with Gasteiger partial charge in [-0.25, -0.2) is 0 Å². The molecule has 25 heavy (non-hydrogen) atoms. The maximum atomic E-state index is 12.3. The molecular weight excluding hydrogens is 332 g/mol. The maximum absolute atomic E-state index is 12.3. The normalized spacial score (nSPS) is 21.0. The topological polar surface area (TPSA) is 40.6 Å². The van der Waals surface area contributed by atoms with Gasteiger partial charge < -0.3 is 4.90 Å². The Kier molecular flexibility index (Phi) is 4.54. The number of thioether (sulfide) groups is 1. The summed E-state index contributed by atoms with van der Waals surface area (Å²) < 4.78 is 0. The standard InChI is InChI=1S/C20H24N2O2S/c1-6-21-18(23)17(25-19(21)24)11-14-8-9-16-15(10-14)13(3)12-20(4,5)22(16)7-2/h8-12H,6-7H2,1-5H3/b17-11+. The number of anilines is 1. The summed E-state index contributed by atoms with van der Waals surface area (Å²) in [4.78, 5) is 28.3. The van der Waals surface area contributed by atoms with Crippen molar-refractivity contribution in [1.82, 2.24) is 4.90 Å². The summed E-state index contributed by atoms with van der Waals surface area (Å²) in [6.45, 7) is 11.9. The van der Waals surface area contributed by atoms with Crippen molar-refractivity contribution >= 4 is 40.2 Å². The Morgan fingerprint density at radius 3 is 2.48 bits per heavy atom. The molecule has 1 aromatic carbocycles. The lowest BCUT2D eigenvalue weighted by Gasteiger charge is -2.42. The van der Waals surface area contributed by atoms with E-state index in [4.69, 9.17) is 0 Å². The number of benzene rings is 1. The summed E-state index contributed by atoms with van der Waals surface area (Å²) in [7, 11) is 0. The summed E-state index contributed by atoms with van der Waals surface area (Å²) >= 11 is 1.02. The zero-order chi connectivity index (χ0) is 18.4. The number of hydrogen-bond acceptors (Lipinski definition) is 4. The second-order valence-electron chi connectivity index (χ2n) is 6.93. The van der Waals surface area contributed by atoms with Crippen molar-refractivity contribution in [3.63, 3.8) is 0 Å². The van der Waals surface area contributed by atoms with Crippen molar-refractivity contribution in [2.75, 3.05) is 18.0 Å². The summed E-state index contributed by atoms with van der Waals surface area (Å²) in [5, 5.41) is -0.188. The summed E-state index contributed by atoms with van der Waals surface area (Å²) in [6.07, 6.45) is 4.11. The molecule has 4 nitrogen and oxygen atoms in total. The lowest BCUT2D eigenvalue weighted by molar-refractivity contribution is -0.122. The highest BCUT2D eigenvalue weighted by atomic mass is 32.2. The first-order valence-corrected chi connectivity index (χ1v) is 9.47. The van der Waals surface area contributed by atoms with Crippen LogP contribution in [0.4, 0.5) is 10.5 Å². The van der Waals surface area contributed by atoms with Crippen LogP contribution in [0, 0.1) is 0 Å². The molecule has 2 heterocycles. The molecule has 2 aliphatic heterocycles. The van der Waals surface area contributed by atoms with E-state index in [1.165, 1.54) is 21.7 Å². The van der Waals surface area contributed by atoms with Gasteiger partial charge in [-0.05, 0) is 75.7 Å². The van der Waals surface area contributed by atoms with Crippen molar-refractivity contribution in [1.29, 1.82) is 0 Å². The molecule has 1 aromatic rings. The van der Waals surface area contributed by atoms with Crippen LogP contribution in [0.15, 0.2) is 29.2 Å². The van der Waals surface area contributed by atoms with Crippen LogP contribution in [0.25, 0.3) is 11.6 Å². The van der Waals surface area contributed by atoms with Crippen LogP contribution in [0.3, 0.4) is 0 Å². The molecule has 132 valence electrons. The lowest BCUT2D eigenvalue weighted by atomic mass is 9.88. The molecule has 0 unspecified atom stereocenters. The zero-order valence-electron chi connectivity index (χ0n) is 15.4. The fraction of sp³-hybridized carbons (Fsp3) is 0.400. The SMILES string of the molecule is CCN1C(=O)S/C(=C/c2ccc3c(c2)C(C)=CC(C)(C)N3CC)C1=O. The minimum atomic E-state index is -0.196. The second-order valence-corrected chi connectivity index (χ2v) is 7.92. The molecule has 0 saturated carbocycles. The van der Waals surface area contributed by atoms with E-state index >= 15 is 0 Å². The van der Waals surface area contributed by atoms with Gasteiger partial charge in [0.15, 0.2) is 0 Å². The first-order chi connectivity index (χ1) is 11.8. The third kappa shape index (κ3) is 3.01. The minimum absolute atomic E-state index is 0.0167. The summed E-state index contributed by atoms with van der Waals surface area (Å²) in [5.41, 5.74) is 4.57. The first-order valence-electron chi connectivity index (χ1n) is 8.65. The molecule has 0 aliphatic carbocycles. The quantitative estimate of drug-likeness (QED) is 0.732. The van der Waals surface area contributed by atoms with Crippen LogP contribution < -0.4 is 4.90 Å². The Labute approximate surface area is 153 Å². The molecule has 5 heteroatoms. The molecule has 0 N–H and O–H groups in total. The largest absolute Gasteiger partial charge is 0.363 e. The number of rotatable bonds is 3. The Morgan fingerprint density at radius 2 is 1.88 bits per heavy atom. The van der Waals surface area contributed by atoms with Gasteiger partial charge in [-0.3, -0.25) is 14.5 Å². The number of imide groups is 1. The van der Waals surface area contributed by atoms with E-state index in [-0.39, 0.29) is 16.7 Å². The number of carbonyl (C=O) groups is 2. The Balaban J connectivity index is 2.00. The molecule has 1 saturated heterocycles. The monoisotopic (exact) mass is 356 g/mol. The molecule has 0 atom stereocenters. The number of likely N-dealkylation sites (N-methyl/N-ethyl adjacent to an activating group) is 2.